The molecule has 6 nitrogen and oxygen atoms in total. The van der Waals surface area contributed by atoms with Crippen LogP contribution in [0.15, 0.2) is 76.3 Å². The number of carbonyl (C=O) groups is 1. The number of sulfonamides is 1. The highest BCUT2D eigenvalue weighted by molar-refractivity contribution is 7.91. The van der Waals surface area contributed by atoms with E-state index in [-0.39, 0.29) is 10.1 Å². The topological polar surface area (TPSA) is 84.5 Å². The molecular formula is C22H24N2O4S2. The van der Waals surface area contributed by atoms with Gasteiger partial charge in [-0.15, -0.1) is 11.3 Å². The predicted octanol–water partition coefficient (Wildman–Crippen LogP) is 3.45. The molecule has 0 bridgehead atoms. The summed E-state index contributed by atoms with van der Waals surface area (Å²) in [5, 5.41) is 4.43. The number of hydrogen-bond acceptors (Lipinski definition) is 5. The summed E-state index contributed by atoms with van der Waals surface area (Å²) in [7, 11) is -3.69. The van der Waals surface area contributed by atoms with E-state index in [0.29, 0.717) is 19.8 Å². The molecule has 3 aromatic rings. The molecule has 158 valence electrons. The van der Waals surface area contributed by atoms with Crippen molar-refractivity contribution < 1.29 is 17.9 Å². The van der Waals surface area contributed by atoms with E-state index in [4.69, 9.17) is 4.74 Å². The van der Waals surface area contributed by atoms with Crippen LogP contribution in [0.2, 0.25) is 0 Å². The summed E-state index contributed by atoms with van der Waals surface area (Å²) < 4.78 is 32.7. The number of carbonyl (C=O) groups excluding carboxylic acids is 1. The van der Waals surface area contributed by atoms with Gasteiger partial charge < -0.3 is 10.1 Å². The van der Waals surface area contributed by atoms with E-state index in [9.17, 15) is 13.2 Å². The lowest BCUT2D eigenvalue weighted by Gasteiger charge is -2.14. The fraction of sp³-hybridized carbons (Fsp3) is 0.227. The zero-order valence-corrected chi connectivity index (χ0v) is 18.2. The Morgan fingerprint density at radius 2 is 1.57 bits per heavy atom. The molecule has 0 fully saturated rings. The quantitative estimate of drug-likeness (QED) is 0.502. The van der Waals surface area contributed by atoms with Crippen LogP contribution in [0.4, 0.5) is 0 Å². The summed E-state index contributed by atoms with van der Waals surface area (Å²) in [5.41, 5.74) is 3.09. The molecule has 0 aliphatic carbocycles. The van der Waals surface area contributed by atoms with Gasteiger partial charge in [-0.05, 0) is 35.1 Å². The standard InChI is InChI=1S/C22H24N2O4S2/c1-17(24-30(26,27)21-8-5-13-29-21)22(25)23-14-18-9-11-20(12-10-18)16-28-15-19-6-3-2-4-7-19/h2-13,17,24H,14-16H2,1H3,(H,23,25). The van der Waals surface area contributed by atoms with Crippen molar-refractivity contribution in [3.05, 3.63) is 88.8 Å². The van der Waals surface area contributed by atoms with Crippen LogP contribution in [0.1, 0.15) is 23.6 Å². The van der Waals surface area contributed by atoms with Crippen LogP contribution < -0.4 is 10.0 Å². The average Bonchev–Trinajstić information content (AvgIpc) is 3.29. The highest BCUT2D eigenvalue weighted by atomic mass is 32.2. The fourth-order valence-corrected chi connectivity index (χ4v) is 4.93. The van der Waals surface area contributed by atoms with Crippen molar-refractivity contribution in [2.75, 3.05) is 0 Å². The van der Waals surface area contributed by atoms with Gasteiger partial charge in [-0.25, -0.2) is 8.42 Å². The Bertz CT molecular complexity index is 1030. The SMILES string of the molecule is CC(NS(=O)(=O)c1cccs1)C(=O)NCc1ccc(COCc2ccccc2)cc1. The predicted molar refractivity (Wildman–Crippen MR) is 117 cm³/mol. The molecule has 1 aromatic heterocycles. The molecule has 0 saturated heterocycles. The fourth-order valence-electron chi connectivity index (χ4n) is 2.72. The molecule has 30 heavy (non-hydrogen) atoms. The lowest BCUT2D eigenvalue weighted by Crippen LogP contribution is -2.44. The first-order valence-corrected chi connectivity index (χ1v) is 11.8. The second kappa shape index (κ2) is 10.5. The summed E-state index contributed by atoms with van der Waals surface area (Å²) in [4.78, 5) is 12.3. The Labute approximate surface area is 181 Å². The van der Waals surface area contributed by atoms with Crippen molar-refractivity contribution in [2.45, 2.75) is 36.9 Å². The van der Waals surface area contributed by atoms with Crippen LogP contribution in [0.25, 0.3) is 0 Å². The van der Waals surface area contributed by atoms with Gasteiger partial charge in [0.15, 0.2) is 0 Å². The van der Waals surface area contributed by atoms with E-state index in [1.165, 1.54) is 13.0 Å². The van der Waals surface area contributed by atoms with E-state index < -0.39 is 16.1 Å². The molecule has 0 spiro atoms. The monoisotopic (exact) mass is 444 g/mol. The molecule has 2 aromatic carbocycles. The summed E-state index contributed by atoms with van der Waals surface area (Å²) >= 11 is 1.11. The van der Waals surface area contributed by atoms with Crippen LogP contribution >= 0.6 is 11.3 Å². The molecule has 0 aliphatic rings. The number of thiophene rings is 1. The smallest absolute Gasteiger partial charge is 0.250 e. The van der Waals surface area contributed by atoms with Gasteiger partial charge >= 0.3 is 0 Å². The van der Waals surface area contributed by atoms with Gasteiger partial charge in [0, 0.05) is 6.54 Å². The molecule has 3 rings (SSSR count). The van der Waals surface area contributed by atoms with Gasteiger partial charge in [0.1, 0.15) is 4.21 Å². The van der Waals surface area contributed by atoms with E-state index in [1.807, 2.05) is 54.6 Å². The number of amides is 1. The zero-order valence-electron chi connectivity index (χ0n) is 16.6. The van der Waals surface area contributed by atoms with E-state index in [2.05, 4.69) is 10.0 Å². The molecule has 0 radical (unpaired) electrons. The maximum absolute atomic E-state index is 12.3. The maximum atomic E-state index is 12.3. The molecular weight excluding hydrogens is 420 g/mol. The van der Waals surface area contributed by atoms with Crippen molar-refractivity contribution in [3.63, 3.8) is 0 Å². The summed E-state index contributed by atoms with van der Waals surface area (Å²) in [6, 6.07) is 20.0. The third-order valence-corrected chi connectivity index (χ3v) is 7.29. The van der Waals surface area contributed by atoms with Gasteiger partial charge in [0.2, 0.25) is 5.91 Å². The van der Waals surface area contributed by atoms with Crippen molar-refractivity contribution >= 4 is 27.3 Å². The minimum absolute atomic E-state index is 0.187. The minimum atomic E-state index is -3.69. The van der Waals surface area contributed by atoms with E-state index in [1.54, 1.807) is 11.4 Å². The molecule has 8 heteroatoms. The van der Waals surface area contributed by atoms with Gasteiger partial charge in [-0.3, -0.25) is 4.79 Å². The molecule has 1 amide bonds. The summed E-state index contributed by atoms with van der Waals surface area (Å²) in [5.74, 6) is -0.384. The highest BCUT2D eigenvalue weighted by Gasteiger charge is 2.22. The van der Waals surface area contributed by atoms with Gasteiger partial charge in [0.25, 0.3) is 10.0 Å². The van der Waals surface area contributed by atoms with Gasteiger partial charge in [0.05, 0.1) is 19.3 Å². The first-order chi connectivity index (χ1) is 14.4. The molecule has 0 aliphatic heterocycles. The summed E-state index contributed by atoms with van der Waals surface area (Å²) in [6.07, 6.45) is 0. The van der Waals surface area contributed by atoms with Crippen LogP contribution in [-0.4, -0.2) is 20.4 Å². The number of benzene rings is 2. The second-order valence-electron chi connectivity index (χ2n) is 6.79. The Morgan fingerprint density at radius 1 is 0.933 bits per heavy atom. The first-order valence-electron chi connectivity index (χ1n) is 9.47. The molecule has 1 heterocycles. The summed E-state index contributed by atoms with van der Waals surface area (Å²) in [6.45, 7) is 2.89. The van der Waals surface area contributed by atoms with Gasteiger partial charge in [-0.1, -0.05) is 60.7 Å². The Kier molecular flexibility index (Phi) is 7.75. The lowest BCUT2D eigenvalue weighted by atomic mass is 10.1. The molecule has 1 atom stereocenters. The third kappa shape index (κ3) is 6.50. The highest BCUT2D eigenvalue weighted by Crippen LogP contribution is 2.15. The molecule has 2 N–H and O–H groups in total. The Morgan fingerprint density at radius 3 is 2.20 bits per heavy atom. The molecule has 0 saturated carbocycles. The zero-order chi connectivity index (χ0) is 21.4. The normalized spacial score (nSPS) is 12.4. The lowest BCUT2D eigenvalue weighted by molar-refractivity contribution is -0.122. The maximum Gasteiger partial charge on any atom is 0.250 e. The number of ether oxygens (including phenoxy) is 1. The van der Waals surface area contributed by atoms with E-state index >= 15 is 0 Å². The second-order valence-corrected chi connectivity index (χ2v) is 9.68. The third-order valence-electron chi connectivity index (χ3n) is 4.36. The molecule has 1 unspecified atom stereocenters. The number of rotatable bonds is 10. The van der Waals surface area contributed by atoms with Crippen LogP contribution in [-0.2, 0) is 39.3 Å². The Hall–Kier alpha value is -2.52. The van der Waals surface area contributed by atoms with Crippen LogP contribution in [0.5, 0.6) is 0 Å². The average molecular weight is 445 g/mol. The Balaban J connectivity index is 1.43. The number of hydrogen-bond donors (Lipinski definition) is 2. The first kappa shape index (κ1) is 22.2. The van der Waals surface area contributed by atoms with Crippen molar-refractivity contribution in [1.29, 1.82) is 0 Å². The van der Waals surface area contributed by atoms with Crippen molar-refractivity contribution in [2.24, 2.45) is 0 Å². The van der Waals surface area contributed by atoms with Crippen molar-refractivity contribution in [3.8, 4) is 0 Å². The number of nitrogens with one attached hydrogen (secondary N) is 2. The van der Waals surface area contributed by atoms with Crippen molar-refractivity contribution in [1.82, 2.24) is 10.0 Å². The van der Waals surface area contributed by atoms with E-state index in [0.717, 1.165) is 28.0 Å². The van der Waals surface area contributed by atoms with Crippen LogP contribution in [0, 0.1) is 0 Å². The largest absolute Gasteiger partial charge is 0.372 e. The van der Waals surface area contributed by atoms with Gasteiger partial charge in [-0.2, -0.15) is 4.72 Å². The van der Waals surface area contributed by atoms with Crippen LogP contribution in [0.3, 0.4) is 0 Å². The minimum Gasteiger partial charge on any atom is -0.372 e.